The summed E-state index contributed by atoms with van der Waals surface area (Å²) >= 11 is 0. The summed E-state index contributed by atoms with van der Waals surface area (Å²) in [6.45, 7) is 8.32. The van der Waals surface area contributed by atoms with E-state index in [1.807, 2.05) is 44.4 Å². The standard InChI is InChI=1S/C19H25N3O2/c1-13(2)24-19-12-22(6-7-23-19)17-8-15(10-21-11-17)18-9-16(20)5-4-14(18)3/h4-5,8-11,13,19H,6-7,12,20H2,1-3H3. The van der Waals surface area contributed by atoms with Crippen LogP contribution < -0.4 is 10.6 Å². The van der Waals surface area contributed by atoms with Gasteiger partial charge in [-0.1, -0.05) is 6.07 Å². The van der Waals surface area contributed by atoms with Gasteiger partial charge in [-0.15, -0.1) is 0 Å². The minimum atomic E-state index is -0.198. The summed E-state index contributed by atoms with van der Waals surface area (Å²) in [7, 11) is 0. The fourth-order valence-corrected chi connectivity index (χ4v) is 2.94. The average Bonchev–Trinajstić information content (AvgIpc) is 2.57. The van der Waals surface area contributed by atoms with Crippen LogP contribution >= 0.6 is 0 Å². The molecular weight excluding hydrogens is 302 g/mol. The Bertz CT molecular complexity index is 703. The summed E-state index contributed by atoms with van der Waals surface area (Å²) in [5, 5.41) is 0. The second-order valence-corrected chi connectivity index (χ2v) is 6.44. The van der Waals surface area contributed by atoms with E-state index in [1.165, 1.54) is 5.56 Å². The molecule has 2 aromatic rings. The summed E-state index contributed by atoms with van der Waals surface area (Å²) < 4.78 is 11.5. The second-order valence-electron chi connectivity index (χ2n) is 6.44. The highest BCUT2D eigenvalue weighted by atomic mass is 16.7. The Morgan fingerprint density at radius 2 is 2.12 bits per heavy atom. The number of ether oxygens (including phenoxy) is 2. The Morgan fingerprint density at radius 3 is 2.92 bits per heavy atom. The molecule has 0 bridgehead atoms. The highest BCUT2D eigenvalue weighted by Crippen LogP contribution is 2.28. The normalized spacial score (nSPS) is 18.2. The fraction of sp³-hybridized carbons (Fsp3) is 0.421. The van der Waals surface area contributed by atoms with E-state index in [0.29, 0.717) is 13.2 Å². The highest BCUT2D eigenvalue weighted by Gasteiger charge is 2.22. The van der Waals surface area contributed by atoms with E-state index in [1.54, 1.807) is 0 Å². The molecule has 0 aliphatic carbocycles. The zero-order valence-corrected chi connectivity index (χ0v) is 14.5. The summed E-state index contributed by atoms with van der Waals surface area (Å²) in [4.78, 5) is 6.69. The molecule has 1 unspecified atom stereocenters. The van der Waals surface area contributed by atoms with Crippen molar-refractivity contribution in [3.63, 3.8) is 0 Å². The lowest BCUT2D eigenvalue weighted by atomic mass is 10.0. The number of anilines is 2. The SMILES string of the molecule is Cc1ccc(N)cc1-c1cncc(N2CCOC(OC(C)C)C2)c1. The molecule has 1 aromatic carbocycles. The van der Waals surface area contributed by atoms with Crippen LogP contribution in [0.2, 0.25) is 0 Å². The first-order valence-corrected chi connectivity index (χ1v) is 8.36. The number of nitrogens with zero attached hydrogens (tertiary/aromatic N) is 2. The van der Waals surface area contributed by atoms with Crippen LogP contribution in [0.15, 0.2) is 36.7 Å². The van der Waals surface area contributed by atoms with Gasteiger partial charge in [-0.3, -0.25) is 4.98 Å². The number of nitrogens with two attached hydrogens (primary N) is 1. The Hall–Kier alpha value is -2.11. The molecule has 0 radical (unpaired) electrons. The number of hydrogen-bond donors (Lipinski definition) is 1. The zero-order valence-electron chi connectivity index (χ0n) is 14.5. The lowest BCUT2D eigenvalue weighted by Gasteiger charge is -2.35. The summed E-state index contributed by atoms with van der Waals surface area (Å²) in [6, 6.07) is 8.12. The van der Waals surface area contributed by atoms with Crippen LogP contribution in [0.4, 0.5) is 11.4 Å². The number of morpholine rings is 1. The van der Waals surface area contributed by atoms with E-state index in [0.717, 1.165) is 29.0 Å². The van der Waals surface area contributed by atoms with E-state index in [9.17, 15) is 0 Å². The van der Waals surface area contributed by atoms with Crippen LogP contribution in [-0.4, -0.2) is 37.1 Å². The molecular formula is C19H25N3O2. The first-order chi connectivity index (χ1) is 11.5. The molecule has 0 saturated carbocycles. The molecule has 128 valence electrons. The predicted molar refractivity (Wildman–Crippen MR) is 97.0 cm³/mol. The topological polar surface area (TPSA) is 60.6 Å². The van der Waals surface area contributed by atoms with Gasteiger partial charge >= 0.3 is 0 Å². The molecule has 24 heavy (non-hydrogen) atoms. The Kier molecular flexibility index (Phi) is 5.02. The molecule has 2 N–H and O–H groups in total. The summed E-state index contributed by atoms with van der Waals surface area (Å²) in [6.07, 6.45) is 3.72. The zero-order chi connectivity index (χ0) is 17.1. The van der Waals surface area contributed by atoms with Crippen molar-refractivity contribution in [2.45, 2.75) is 33.2 Å². The van der Waals surface area contributed by atoms with Crippen LogP contribution in [0.1, 0.15) is 19.4 Å². The summed E-state index contributed by atoms with van der Waals surface area (Å²) in [5.74, 6) is 0. The summed E-state index contributed by atoms with van der Waals surface area (Å²) in [5.41, 5.74) is 11.2. The second kappa shape index (κ2) is 7.20. The van der Waals surface area contributed by atoms with Crippen molar-refractivity contribution in [2.24, 2.45) is 0 Å². The van der Waals surface area contributed by atoms with Crippen LogP contribution in [-0.2, 0) is 9.47 Å². The Morgan fingerprint density at radius 1 is 1.29 bits per heavy atom. The van der Waals surface area contributed by atoms with Crippen molar-refractivity contribution < 1.29 is 9.47 Å². The minimum Gasteiger partial charge on any atom is -0.399 e. The predicted octanol–water partition coefficient (Wildman–Crippen LogP) is 3.23. The maximum atomic E-state index is 5.95. The molecule has 1 atom stereocenters. The van der Waals surface area contributed by atoms with Crippen molar-refractivity contribution in [1.29, 1.82) is 0 Å². The third-order valence-corrected chi connectivity index (χ3v) is 4.12. The largest absolute Gasteiger partial charge is 0.399 e. The van der Waals surface area contributed by atoms with Gasteiger partial charge < -0.3 is 20.1 Å². The number of aryl methyl sites for hydroxylation is 1. The van der Waals surface area contributed by atoms with Crippen LogP contribution in [0.3, 0.4) is 0 Å². The van der Waals surface area contributed by atoms with Gasteiger partial charge in [-0.05, 0) is 50.1 Å². The van der Waals surface area contributed by atoms with E-state index in [-0.39, 0.29) is 12.4 Å². The van der Waals surface area contributed by atoms with Crippen molar-refractivity contribution in [2.75, 3.05) is 30.3 Å². The maximum absolute atomic E-state index is 5.95. The minimum absolute atomic E-state index is 0.148. The molecule has 1 aliphatic rings. The van der Waals surface area contributed by atoms with Gasteiger partial charge in [-0.25, -0.2) is 0 Å². The molecule has 1 saturated heterocycles. The number of benzene rings is 1. The van der Waals surface area contributed by atoms with E-state index < -0.39 is 0 Å². The van der Waals surface area contributed by atoms with Gasteiger partial charge in [0.2, 0.25) is 0 Å². The molecule has 5 nitrogen and oxygen atoms in total. The Balaban J connectivity index is 1.84. The molecule has 3 rings (SSSR count). The van der Waals surface area contributed by atoms with Crippen LogP contribution in [0.25, 0.3) is 11.1 Å². The lowest BCUT2D eigenvalue weighted by Crippen LogP contribution is -2.44. The number of pyridine rings is 1. The molecule has 0 spiro atoms. The van der Waals surface area contributed by atoms with Crippen molar-refractivity contribution in [1.82, 2.24) is 4.98 Å². The first-order valence-electron chi connectivity index (χ1n) is 8.36. The third-order valence-electron chi connectivity index (χ3n) is 4.12. The van der Waals surface area contributed by atoms with Gasteiger partial charge in [0.15, 0.2) is 6.29 Å². The Labute approximate surface area is 143 Å². The molecule has 2 heterocycles. The quantitative estimate of drug-likeness (QED) is 0.874. The third kappa shape index (κ3) is 3.86. The van der Waals surface area contributed by atoms with E-state index in [4.69, 9.17) is 15.2 Å². The van der Waals surface area contributed by atoms with Gasteiger partial charge in [0.25, 0.3) is 0 Å². The monoisotopic (exact) mass is 327 g/mol. The molecule has 0 amide bonds. The average molecular weight is 327 g/mol. The van der Waals surface area contributed by atoms with Gasteiger partial charge in [0.1, 0.15) is 0 Å². The molecule has 1 fully saturated rings. The number of rotatable bonds is 4. The highest BCUT2D eigenvalue weighted by molar-refractivity contribution is 5.73. The lowest BCUT2D eigenvalue weighted by molar-refractivity contribution is -0.165. The van der Waals surface area contributed by atoms with Gasteiger partial charge in [-0.2, -0.15) is 0 Å². The molecule has 1 aliphatic heterocycles. The van der Waals surface area contributed by atoms with Gasteiger partial charge in [0, 0.05) is 24.0 Å². The van der Waals surface area contributed by atoms with E-state index in [2.05, 4.69) is 22.9 Å². The molecule has 5 heteroatoms. The van der Waals surface area contributed by atoms with E-state index >= 15 is 0 Å². The first kappa shape index (κ1) is 16.7. The number of nitrogen functional groups attached to an aromatic ring is 1. The van der Waals surface area contributed by atoms with Gasteiger partial charge in [0.05, 0.1) is 31.1 Å². The van der Waals surface area contributed by atoms with Crippen LogP contribution in [0.5, 0.6) is 0 Å². The smallest absolute Gasteiger partial charge is 0.175 e. The van der Waals surface area contributed by atoms with Crippen molar-refractivity contribution >= 4 is 11.4 Å². The number of hydrogen-bond acceptors (Lipinski definition) is 5. The van der Waals surface area contributed by atoms with Crippen molar-refractivity contribution in [3.05, 3.63) is 42.2 Å². The van der Waals surface area contributed by atoms with Crippen molar-refractivity contribution in [3.8, 4) is 11.1 Å². The van der Waals surface area contributed by atoms with Crippen LogP contribution in [0, 0.1) is 6.92 Å². The fourth-order valence-electron chi connectivity index (χ4n) is 2.94. The molecule has 1 aromatic heterocycles. The maximum Gasteiger partial charge on any atom is 0.175 e. The number of aromatic nitrogens is 1.